The van der Waals surface area contributed by atoms with Gasteiger partial charge < -0.3 is 29.6 Å². The predicted octanol–water partition coefficient (Wildman–Crippen LogP) is 5.50. The van der Waals surface area contributed by atoms with Gasteiger partial charge in [0.25, 0.3) is 0 Å². The van der Waals surface area contributed by atoms with Gasteiger partial charge in [0.05, 0.1) is 50.5 Å². The number of hydrogen-bond acceptors (Lipinski definition) is 9. The lowest BCUT2D eigenvalue weighted by atomic mass is 9.90. The summed E-state index contributed by atoms with van der Waals surface area (Å²) in [6.45, 7) is 6.79. The van der Waals surface area contributed by atoms with Crippen LogP contribution in [-0.2, 0) is 23.9 Å². The van der Waals surface area contributed by atoms with Crippen molar-refractivity contribution in [1.29, 1.82) is 0 Å². The quantitative estimate of drug-likeness (QED) is 0.249. The standard InChI is InChI=1S/C39H47N7O6/c1-23(2)29(20-34(47)51-4)38(49)46-19-7-9-33(46)36-41-22-31(44-36)28-16-12-26(13-17-28)25-10-14-27(15-11-25)30-21-40-35(43-30)32-8-6-18-45(32)37(48)24(3)42-39(50)52-5/h10-17,21-24,29,31-33H,6-9,18-20H2,1-5H3,(H,40,43)(H,42,50)/t24-,29-,31?,32+,33+/m0/s1. The minimum absolute atomic E-state index is 0.00296. The molecule has 2 saturated heterocycles. The van der Waals surface area contributed by atoms with Gasteiger partial charge in [-0.1, -0.05) is 62.4 Å². The van der Waals surface area contributed by atoms with Crippen molar-refractivity contribution in [3.05, 3.63) is 66.1 Å². The van der Waals surface area contributed by atoms with Crippen LogP contribution in [-0.4, -0.2) is 95.1 Å². The van der Waals surface area contributed by atoms with Crippen molar-refractivity contribution in [2.75, 3.05) is 27.3 Å². The smallest absolute Gasteiger partial charge is 0.407 e. The number of aromatic amines is 1. The van der Waals surface area contributed by atoms with Crippen LogP contribution in [0.2, 0.25) is 0 Å². The van der Waals surface area contributed by atoms with Gasteiger partial charge >= 0.3 is 12.1 Å². The molecule has 3 amide bonds. The first-order valence-corrected chi connectivity index (χ1v) is 18.0. The molecule has 4 heterocycles. The summed E-state index contributed by atoms with van der Waals surface area (Å²) in [6.07, 6.45) is 6.35. The van der Waals surface area contributed by atoms with Crippen LogP contribution in [0.4, 0.5) is 4.79 Å². The Morgan fingerprint density at radius 3 is 2.10 bits per heavy atom. The number of carbonyl (C=O) groups excluding carboxylic acids is 4. The summed E-state index contributed by atoms with van der Waals surface area (Å²) in [6, 6.07) is 15.2. The third-order valence-electron chi connectivity index (χ3n) is 10.3. The second-order valence-electron chi connectivity index (χ2n) is 14.0. The van der Waals surface area contributed by atoms with E-state index in [4.69, 9.17) is 9.73 Å². The molecule has 1 aromatic heterocycles. The number of alkyl carbamates (subject to hydrolysis) is 1. The highest BCUT2D eigenvalue weighted by Crippen LogP contribution is 2.34. The number of H-pyrrole nitrogens is 1. The number of aromatic nitrogens is 2. The van der Waals surface area contributed by atoms with Crippen LogP contribution < -0.4 is 5.32 Å². The van der Waals surface area contributed by atoms with E-state index in [0.717, 1.165) is 59.5 Å². The summed E-state index contributed by atoms with van der Waals surface area (Å²) in [5, 5.41) is 2.56. The van der Waals surface area contributed by atoms with Crippen molar-refractivity contribution in [2.24, 2.45) is 21.8 Å². The van der Waals surface area contributed by atoms with Gasteiger partial charge in [-0.25, -0.2) is 14.8 Å². The molecular formula is C39H47N7O6. The molecule has 3 aliphatic heterocycles. The molecule has 3 aromatic rings. The van der Waals surface area contributed by atoms with Gasteiger partial charge in [0.2, 0.25) is 11.8 Å². The third-order valence-corrected chi connectivity index (χ3v) is 10.3. The molecular weight excluding hydrogens is 662 g/mol. The van der Waals surface area contributed by atoms with Crippen LogP contribution in [0, 0.1) is 11.8 Å². The number of carbonyl (C=O) groups is 4. The van der Waals surface area contributed by atoms with Gasteiger partial charge in [0, 0.05) is 19.3 Å². The summed E-state index contributed by atoms with van der Waals surface area (Å²) < 4.78 is 9.49. The van der Waals surface area contributed by atoms with Crippen LogP contribution in [0.25, 0.3) is 22.4 Å². The molecule has 2 N–H and O–H groups in total. The number of aliphatic imine (C=N–C) groups is 2. The molecule has 13 nitrogen and oxygen atoms in total. The number of imidazole rings is 1. The van der Waals surface area contributed by atoms with Gasteiger partial charge in [-0.2, -0.15) is 0 Å². The first kappa shape index (κ1) is 36.5. The maximum atomic E-state index is 13.6. The second kappa shape index (κ2) is 15.9. The fourth-order valence-corrected chi connectivity index (χ4v) is 7.30. The molecule has 2 aromatic carbocycles. The van der Waals surface area contributed by atoms with Crippen LogP contribution >= 0.6 is 0 Å². The average molecular weight is 710 g/mol. The Bertz CT molecular complexity index is 1830. The zero-order chi connectivity index (χ0) is 36.9. The Hall–Kier alpha value is -5.33. The van der Waals surface area contributed by atoms with Crippen molar-refractivity contribution in [1.82, 2.24) is 25.1 Å². The summed E-state index contributed by atoms with van der Waals surface area (Å²) in [7, 11) is 2.62. The van der Waals surface area contributed by atoms with Crippen LogP contribution in [0.3, 0.4) is 0 Å². The SMILES string of the molecule is COC(=O)C[C@H](C(=O)N1CCC[C@@H]1C1=NC(c2ccc(-c3ccc(-c4cnc([C@H]5CCCN5C(=O)[C@H](C)NC(=O)OC)[nH]4)cc3)cc2)C=N1)C(C)C. The molecule has 0 radical (unpaired) electrons. The Labute approximate surface area is 303 Å². The van der Waals surface area contributed by atoms with E-state index in [1.807, 2.05) is 37.1 Å². The van der Waals surface area contributed by atoms with Crippen molar-refractivity contribution < 1.29 is 28.7 Å². The van der Waals surface area contributed by atoms with E-state index in [9.17, 15) is 19.2 Å². The van der Waals surface area contributed by atoms with Gasteiger partial charge in [-0.3, -0.25) is 19.4 Å². The van der Waals surface area contributed by atoms with Crippen LogP contribution in [0.1, 0.15) is 76.3 Å². The molecule has 6 rings (SSSR count). The minimum Gasteiger partial charge on any atom is -0.469 e. The van der Waals surface area contributed by atoms with E-state index in [2.05, 4.69) is 61.4 Å². The molecule has 274 valence electrons. The monoisotopic (exact) mass is 709 g/mol. The Morgan fingerprint density at radius 1 is 0.846 bits per heavy atom. The van der Waals surface area contributed by atoms with Crippen molar-refractivity contribution in [3.63, 3.8) is 0 Å². The number of esters is 1. The van der Waals surface area contributed by atoms with E-state index < -0.39 is 18.1 Å². The molecule has 52 heavy (non-hydrogen) atoms. The summed E-state index contributed by atoms with van der Waals surface area (Å²) in [5.41, 5.74) is 4.97. The third kappa shape index (κ3) is 7.78. The highest BCUT2D eigenvalue weighted by atomic mass is 16.5. The van der Waals surface area contributed by atoms with Crippen molar-refractivity contribution >= 4 is 35.9 Å². The van der Waals surface area contributed by atoms with Crippen LogP contribution in [0.5, 0.6) is 0 Å². The summed E-state index contributed by atoms with van der Waals surface area (Å²) >= 11 is 0. The van der Waals surface area contributed by atoms with Gasteiger partial charge in [0.15, 0.2) is 0 Å². The maximum absolute atomic E-state index is 13.6. The second-order valence-corrected chi connectivity index (χ2v) is 14.0. The molecule has 0 aliphatic carbocycles. The summed E-state index contributed by atoms with van der Waals surface area (Å²) in [5.74, 6) is 0.351. The van der Waals surface area contributed by atoms with E-state index in [0.29, 0.717) is 18.9 Å². The highest BCUT2D eigenvalue weighted by molar-refractivity contribution is 6.02. The van der Waals surface area contributed by atoms with Crippen molar-refractivity contribution in [2.45, 2.75) is 77.0 Å². The van der Waals surface area contributed by atoms with Crippen LogP contribution in [0.15, 0.2) is 64.7 Å². The fourth-order valence-electron chi connectivity index (χ4n) is 7.30. The molecule has 0 saturated carbocycles. The lowest BCUT2D eigenvalue weighted by molar-refractivity contribution is -0.148. The Balaban J connectivity index is 1.09. The predicted molar refractivity (Wildman–Crippen MR) is 197 cm³/mol. The number of rotatable bonds is 11. The minimum atomic E-state index is -0.704. The van der Waals surface area contributed by atoms with E-state index in [1.54, 1.807) is 18.0 Å². The molecule has 13 heteroatoms. The van der Waals surface area contributed by atoms with E-state index >= 15 is 0 Å². The molecule has 2 fully saturated rings. The summed E-state index contributed by atoms with van der Waals surface area (Å²) in [4.78, 5) is 71.5. The molecule has 0 spiro atoms. The van der Waals surface area contributed by atoms with Crippen molar-refractivity contribution in [3.8, 4) is 22.4 Å². The van der Waals surface area contributed by atoms with E-state index in [-0.39, 0.29) is 48.2 Å². The number of amides is 3. The zero-order valence-corrected chi connectivity index (χ0v) is 30.4. The number of methoxy groups -OCH3 is 2. The van der Waals surface area contributed by atoms with Gasteiger partial charge in [0.1, 0.15) is 23.7 Å². The number of nitrogens with one attached hydrogen (secondary N) is 2. The number of likely N-dealkylation sites (tertiary alicyclic amines) is 2. The number of ether oxygens (including phenoxy) is 2. The van der Waals surface area contributed by atoms with Gasteiger partial charge in [-0.15, -0.1) is 0 Å². The lowest BCUT2D eigenvalue weighted by Crippen LogP contribution is -2.46. The number of benzene rings is 2. The molecule has 0 bridgehead atoms. The number of amidine groups is 1. The van der Waals surface area contributed by atoms with E-state index in [1.165, 1.54) is 14.2 Å². The van der Waals surface area contributed by atoms with Gasteiger partial charge in [-0.05, 0) is 60.8 Å². The number of hydrogen-bond donors (Lipinski definition) is 2. The number of nitrogens with zero attached hydrogens (tertiary/aromatic N) is 5. The largest absolute Gasteiger partial charge is 0.469 e. The topological polar surface area (TPSA) is 159 Å². The molecule has 1 unspecified atom stereocenters. The fraction of sp³-hybridized carbons (Fsp3) is 0.462. The maximum Gasteiger partial charge on any atom is 0.407 e. The first-order valence-electron chi connectivity index (χ1n) is 18.0. The zero-order valence-electron chi connectivity index (χ0n) is 30.4. The highest BCUT2D eigenvalue weighted by Gasteiger charge is 2.39. The lowest BCUT2D eigenvalue weighted by Gasteiger charge is -2.29. The average Bonchev–Trinajstić information content (AvgIpc) is 3.99. The molecule has 3 aliphatic rings. The Kier molecular flexibility index (Phi) is 11.2. The first-order chi connectivity index (χ1) is 25.1. The Morgan fingerprint density at radius 2 is 1.46 bits per heavy atom. The molecule has 5 atom stereocenters. The normalized spacial score (nSPS) is 20.9.